The minimum atomic E-state index is -3.40. The van der Waals surface area contributed by atoms with Crippen molar-refractivity contribution >= 4 is 42.8 Å². The van der Waals surface area contributed by atoms with Crippen LogP contribution in [0.5, 0.6) is 0 Å². The second-order valence-corrected chi connectivity index (χ2v) is 8.72. The van der Waals surface area contributed by atoms with Crippen LogP contribution in [0.1, 0.15) is 12.5 Å². The normalized spacial score (nSPS) is 13.6. The van der Waals surface area contributed by atoms with Gasteiger partial charge in [0.05, 0.1) is 0 Å². The number of benzene rings is 1. The molecule has 1 atom stereocenters. The summed E-state index contributed by atoms with van der Waals surface area (Å²) < 4.78 is 28.7. The van der Waals surface area contributed by atoms with Crippen molar-refractivity contribution in [2.75, 3.05) is 0 Å². The summed E-state index contributed by atoms with van der Waals surface area (Å²) in [6, 6.07) is 11.4. The lowest BCUT2D eigenvalue weighted by Crippen LogP contribution is -2.33. The molecule has 0 aliphatic heterocycles. The van der Waals surface area contributed by atoms with Crippen LogP contribution >= 0.6 is 22.7 Å². The van der Waals surface area contributed by atoms with E-state index in [-0.39, 0.29) is 6.04 Å². The van der Waals surface area contributed by atoms with Gasteiger partial charge in [0.15, 0.2) is 0 Å². The topological polar surface area (TPSA) is 46.2 Å². The average molecular weight is 337 g/mol. The Morgan fingerprint density at radius 1 is 1.14 bits per heavy atom. The Bertz CT molecular complexity index is 835. The molecule has 3 nitrogen and oxygen atoms in total. The lowest BCUT2D eigenvalue weighted by molar-refractivity contribution is 0.562. The summed E-state index contributed by atoms with van der Waals surface area (Å²) in [5, 5.41) is 5.09. The average Bonchev–Trinajstić information content (AvgIpc) is 3.08. The van der Waals surface area contributed by atoms with Crippen LogP contribution in [0, 0.1) is 0 Å². The van der Waals surface area contributed by atoms with Gasteiger partial charge in [-0.25, -0.2) is 13.1 Å². The number of fused-ring (bicyclic) bond motifs is 1. The van der Waals surface area contributed by atoms with E-state index in [0.29, 0.717) is 10.6 Å². The van der Waals surface area contributed by atoms with Gasteiger partial charge in [-0.3, -0.25) is 0 Å². The number of sulfonamides is 1. The minimum absolute atomic E-state index is 0.143. The Kier molecular flexibility index (Phi) is 4.12. The minimum Gasteiger partial charge on any atom is -0.207 e. The molecule has 0 aliphatic carbocycles. The van der Waals surface area contributed by atoms with Crippen LogP contribution in [0.25, 0.3) is 10.1 Å². The monoisotopic (exact) mass is 337 g/mol. The van der Waals surface area contributed by atoms with Crippen LogP contribution in [-0.4, -0.2) is 14.5 Å². The van der Waals surface area contributed by atoms with Crippen LogP contribution in [0.2, 0.25) is 0 Å². The molecule has 0 fully saturated rings. The number of hydrogen-bond acceptors (Lipinski definition) is 4. The fourth-order valence-electron chi connectivity index (χ4n) is 2.30. The van der Waals surface area contributed by atoms with Crippen molar-refractivity contribution in [3.05, 3.63) is 52.7 Å². The standard InChI is InChI=1S/C15H15NO2S3/c1-11(16-21(17,18)15-7-4-8-19-15)9-12-10-20-14-6-3-2-5-13(12)14/h2-8,10-11,16H,9H2,1H3/t11-/m1/s1. The Hall–Kier alpha value is -1.21. The number of hydrogen-bond donors (Lipinski definition) is 1. The molecular weight excluding hydrogens is 322 g/mol. The molecular formula is C15H15NO2S3. The van der Waals surface area contributed by atoms with E-state index in [0.717, 1.165) is 0 Å². The van der Waals surface area contributed by atoms with E-state index in [9.17, 15) is 8.42 Å². The van der Waals surface area contributed by atoms with Crippen molar-refractivity contribution in [1.29, 1.82) is 0 Å². The fraction of sp³-hybridized carbons (Fsp3) is 0.200. The van der Waals surface area contributed by atoms with E-state index in [2.05, 4.69) is 22.2 Å². The van der Waals surface area contributed by atoms with Crippen molar-refractivity contribution in [1.82, 2.24) is 4.72 Å². The molecule has 110 valence electrons. The third kappa shape index (κ3) is 3.18. The number of rotatable bonds is 5. The van der Waals surface area contributed by atoms with Crippen molar-refractivity contribution in [2.24, 2.45) is 0 Å². The number of nitrogens with one attached hydrogen (secondary N) is 1. The van der Waals surface area contributed by atoms with Crippen LogP contribution in [-0.2, 0) is 16.4 Å². The summed E-state index contributed by atoms with van der Waals surface area (Å²) in [6.07, 6.45) is 0.689. The second-order valence-electron chi connectivity index (χ2n) is 4.92. The van der Waals surface area contributed by atoms with Crippen molar-refractivity contribution in [3.63, 3.8) is 0 Å². The van der Waals surface area contributed by atoms with Gasteiger partial charge in [-0.05, 0) is 47.2 Å². The molecule has 0 amide bonds. The highest BCUT2D eigenvalue weighted by atomic mass is 32.2. The molecule has 0 radical (unpaired) electrons. The Labute approximate surface area is 132 Å². The Balaban J connectivity index is 1.76. The maximum Gasteiger partial charge on any atom is 0.250 e. The van der Waals surface area contributed by atoms with Gasteiger partial charge in [-0.15, -0.1) is 22.7 Å². The van der Waals surface area contributed by atoms with Crippen LogP contribution in [0.3, 0.4) is 0 Å². The molecule has 2 heterocycles. The smallest absolute Gasteiger partial charge is 0.207 e. The summed E-state index contributed by atoms with van der Waals surface area (Å²) >= 11 is 2.93. The van der Waals surface area contributed by atoms with Gasteiger partial charge in [-0.2, -0.15) is 0 Å². The molecule has 1 N–H and O–H groups in total. The van der Waals surface area contributed by atoms with Crippen LogP contribution < -0.4 is 4.72 Å². The van der Waals surface area contributed by atoms with Gasteiger partial charge in [0.2, 0.25) is 10.0 Å². The predicted molar refractivity (Wildman–Crippen MR) is 89.6 cm³/mol. The Morgan fingerprint density at radius 2 is 1.95 bits per heavy atom. The van der Waals surface area contributed by atoms with Crippen LogP contribution in [0.4, 0.5) is 0 Å². The van der Waals surface area contributed by atoms with Crippen molar-refractivity contribution in [3.8, 4) is 0 Å². The first-order valence-corrected chi connectivity index (χ1v) is 9.81. The molecule has 0 unspecified atom stereocenters. The lowest BCUT2D eigenvalue weighted by atomic mass is 10.1. The largest absolute Gasteiger partial charge is 0.250 e. The van der Waals surface area contributed by atoms with Gasteiger partial charge in [0, 0.05) is 10.7 Å². The van der Waals surface area contributed by atoms with E-state index in [1.165, 1.54) is 27.0 Å². The predicted octanol–water partition coefficient (Wildman–Crippen LogP) is 3.87. The molecule has 0 spiro atoms. The SMILES string of the molecule is C[C@H](Cc1csc2ccccc12)NS(=O)(=O)c1cccs1. The van der Waals surface area contributed by atoms with E-state index in [1.54, 1.807) is 28.8 Å². The fourth-order valence-corrected chi connectivity index (χ4v) is 5.53. The zero-order valence-electron chi connectivity index (χ0n) is 11.4. The molecule has 3 rings (SSSR count). The van der Waals surface area contributed by atoms with E-state index < -0.39 is 10.0 Å². The molecule has 0 saturated heterocycles. The quantitative estimate of drug-likeness (QED) is 0.768. The van der Waals surface area contributed by atoms with Crippen molar-refractivity contribution in [2.45, 2.75) is 23.6 Å². The van der Waals surface area contributed by atoms with E-state index in [4.69, 9.17) is 0 Å². The molecule has 3 aromatic rings. The highest BCUT2D eigenvalue weighted by Gasteiger charge is 2.19. The van der Waals surface area contributed by atoms with Gasteiger partial charge >= 0.3 is 0 Å². The molecule has 6 heteroatoms. The van der Waals surface area contributed by atoms with Gasteiger partial charge in [0.25, 0.3) is 0 Å². The highest BCUT2D eigenvalue weighted by molar-refractivity contribution is 7.91. The molecule has 21 heavy (non-hydrogen) atoms. The van der Waals surface area contributed by atoms with Gasteiger partial charge < -0.3 is 0 Å². The Morgan fingerprint density at radius 3 is 2.71 bits per heavy atom. The number of thiophene rings is 2. The van der Waals surface area contributed by atoms with Gasteiger partial charge in [0.1, 0.15) is 4.21 Å². The maximum atomic E-state index is 12.2. The molecule has 1 aromatic carbocycles. The summed E-state index contributed by atoms with van der Waals surface area (Å²) in [5.74, 6) is 0. The third-order valence-corrected chi connectivity index (χ3v) is 7.20. The lowest BCUT2D eigenvalue weighted by Gasteiger charge is -2.13. The summed E-state index contributed by atoms with van der Waals surface area (Å²) in [7, 11) is -3.40. The van der Waals surface area contributed by atoms with E-state index in [1.807, 2.05) is 19.1 Å². The summed E-state index contributed by atoms with van der Waals surface area (Å²) in [5.41, 5.74) is 1.19. The van der Waals surface area contributed by atoms with Crippen LogP contribution in [0.15, 0.2) is 51.4 Å². The third-order valence-electron chi connectivity index (χ3n) is 3.20. The first kappa shape index (κ1) is 14.7. The van der Waals surface area contributed by atoms with Crippen molar-refractivity contribution < 1.29 is 8.42 Å². The second kappa shape index (κ2) is 5.88. The zero-order valence-corrected chi connectivity index (χ0v) is 13.9. The summed E-state index contributed by atoms with van der Waals surface area (Å²) in [4.78, 5) is 0. The molecule has 2 aromatic heterocycles. The molecule has 0 saturated carbocycles. The first-order chi connectivity index (χ1) is 10.1. The first-order valence-electron chi connectivity index (χ1n) is 6.57. The van der Waals surface area contributed by atoms with Gasteiger partial charge in [-0.1, -0.05) is 24.3 Å². The zero-order chi connectivity index (χ0) is 14.9. The maximum absolute atomic E-state index is 12.2. The molecule has 0 aliphatic rings. The highest BCUT2D eigenvalue weighted by Crippen LogP contribution is 2.27. The van der Waals surface area contributed by atoms with E-state index >= 15 is 0 Å². The molecule has 0 bridgehead atoms. The summed E-state index contributed by atoms with van der Waals surface area (Å²) in [6.45, 7) is 1.90.